The molecule has 1 aliphatic heterocycles. The van der Waals surface area contributed by atoms with Crippen LogP contribution < -0.4 is 10.6 Å². The summed E-state index contributed by atoms with van der Waals surface area (Å²) in [7, 11) is 0. The molecule has 0 aliphatic carbocycles. The van der Waals surface area contributed by atoms with E-state index in [0.717, 1.165) is 28.8 Å². The van der Waals surface area contributed by atoms with E-state index in [9.17, 15) is 28.0 Å². The molecular formula is C22H19F2N3O5S3. The third-order valence-electron chi connectivity index (χ3n) is 4.50. The van der Waals surface area contributed by atoms with Crippen molar-refractivity contribution in [1.29, 1.82) is 0 Å². The summed E-state index contributed by atoms with van der Waals surface area (Å²) in [6.45, 7) is 0.744. The van der Waals surface area contributed by atoms with Gasteiger partial charge in [0, 0.05) is 4.88 Å². The number of nitrogens with zero attached hydrogens (tertiary/aromatic N) is 1. The van der Waals surface area contributed by atoms with Gasteiger partial charge in [-0.3, -0.25) is 24.1 Å². The predicted octanol–water partition coefficient (Wildman–Crippen LogP) is 2.69. The highest BCUT2D eigenvalue weighted by atomic mass is 32.2. The number of carbonyl (C=O) groups excluding carboxylic acids is 4. The Bertz CT molecular complexity index is 1210. The van der Waals surface area contributed by atoms with E-state index in [4.69, 9.17) is 12.2 Å². The molecule has 1 aromatic carbocycles. The average molecular weight is 540 g/mol. The van der Waals surface area contributed by atoms with Gasteiger partial charge in [-0.05, 0) is 47.7 Å². The van der Waals surface area contributed by atoms with E-state index in [-0.39, 0.29) is 30.6 Å². The average Bonchev–Trinajstić information content (AvgIpc) is 3.38. The fraction of sp³-hybridized carbons (Fsp3) is 0.227. The van der Waals surface area contributed by atoms with Crippen molar-refractivity contribution in [3.8, 4) is 11.1 Å². The van der Waals surface area contributed by atoms with Gasteiger partial charge in [-0.1, -0.05) is 30.0 Å². The molecule has 1 aromatic heterocycles. The van der Waals surface area contributed by atoms with E-state index >= 15 is 0 Å². The molecule has 0 spiro atoms. The summed E-state index contributed by atoms with van der Waals surface area (Å²) in [5, 5.41) is 6.41. The van der Waals surface area contributed by atoms with Crippen LogP contribution in [0.3, 0.4) is 0 Å². The van der Waals surface area contributed by atoms with Gasteiger partial charge in [-0.2, -0.15) is 0 Å². The van der Waals surface area contributed by atoms with Crippen molar-refractivity contribution in [2.24, 2.45) is 0 Å². The van der Waals surface area contributed by atoms with Gasteiger partial charge in [0.15, 0.2) is 11.6 Å². The number of amides is 3. The Hall–Kier alpha value is -3.16. The van der Waals surface area contributed by atoms with Crippen molar-refractivity contribution in [1.82, 2.24) is 15.5 Å². The number of hydrogen-bond donors (Lipinski definition) is 2. The van der Waals surface area contributed by atoms with Crippen molar-refractivity contribution in [3.63, 3.8) is 0 Å². The quantitative estimate of drug-likeness (QED) is 0.287. The summed E-state index contributed by atoms with van der Waals surface area (Å²) in [6, 6.07) is 5.32. The fourth-order valence-electron chi connectivity index (χ4n) is 2.84. The normalized spacial score (nSPS) is 14.4. The second-order valence-corrected chi connectivity index (χ2v) is 9.61. The first-order chi connectivity index (χ1) is 16.7. The molecule has 1 saturated heterocycles. The number of ether oxygens (including phenoxy) is 1. The number of benzene rings is 1. The zero-order valence-electron chi connectivity index (χ0n) is 18.3. The zero-order valence-corrected chi connectivity index (χ0v) is 20.7. The smallest absolute Gasteiger partial charge is 0.325 e. The Balaban J connectivity index is 1.56. The monoisotopic (exact) mass is 539 g/mol. The zero-order chi connectivity index (χ0) is 25.5. The Morgan fingerprint density at radius 2 is 1.83 bits per heavy atom. The molecule has 2 N–H and O–H groups in total. The summed E-state index contributed by atoms with van der Waals surface area (Å²) in [5.74, 6) is -4.15. The summed E-state index contributed by atoms with van der Waals surface area (Å²) in [5.41, 5.74) is 1.16. The van der Waals surface area contributed by atoms with Crippen molar-refractivity contribution in [2.45, 2.75) is 6.92 Å². The van der Waals surface area contributed by atoms with Gasteiger partial charge in [0.1, 0.15) is 17.4 Å². The van der Waals surface area contributed by atoms with E-state index in [2.05, 4.69) is 15.4 Å². The Morgan fingerprint density at radius 1 is 1.09 bits per heavy atom. The minimum Gasteiger partial charge on any atom is -0.465 e. The molecule has 1 fully saturated rings. The molecule has 0 unspecified atom stereocenters. The molecule has 35 heavy (non-hydrogen) atoms. The Morgan fingerprint density at radius 3 is 2.54 bits per heavy atom. The third kappa shape index (κ3) is 7.16. The fourth-order valence-corrected chi connectivity index (χ4v) is 5.01. The van der Waals surface area contributed by atoms with E-state index < -0.39 is 35.3 Å². The number of thiocarbonyl (C=S) groups is 1. The SMILES string of the molecule is CCOC(=O)CNC(=O)CNC(=O)CN1C(=O)/C(=C/c2cc(-c3ccc(F)c(F)c3)cs2)SC1=S. The van der Waals surface area contributed by atoms with Crippen LogP contribution in [-0.4, -0.2) is 59.2 Å². The lowest BCUT2D eigenvalue weighted by Gasteiger charge is -2.14. The van der Waals surface area contributed by atoms with E-state index in [1.54, 1.807) is 24.4 Å². The number of esters is 1. The van der Waals surface area contributed by atoms with Crippen LogP contribution in [0, 0.1) is 11.6 Å². The number of halogens is 2. The Labute approximate surface area is 212 Å². The number of rotatable bonds is 9. The van der Waals surface area contributed by atoms with Gasteiger partial charge in [-0.25, -0.2) is 8.78 Å². The predicted molar refractivity (Wildman–Crippen MR) is 132 cm³/mol. The molecule has 184 valence electrons. The first-order valence-electron chi connectivity index (χ1n) is 10.2. The molecule has 3 rings (SSSR count). The standard InChI is InChI=1S/C22H19F2N3O5S3/c1-2-32-20(30)9-26-18(28)8-25-19(29)10-27-21(31)17(35-22(27)33)7-14-5-13(11-34-14)12-3-4-15(23)16(24)6-12/h3-7,11H,2,8-10H2,1H3,(H,25,29)(H,26,28)/b17-7-. The highest BCUT2D eigenvalue weighted by Crippen LogP contribution is 2.35. The Kier molecular flexibility index (Phi) is 9.07. The van der Waals surface area contributed by atoms with Gasteiger partial charge in [0.2, 0.25) is 11.8 Å². The van der Waals surface area contributed by atoms with Gasteiger partial charge >= 0.3 is 5.97 Å². The number of thiophene rings is 1. The molecule has 13 heteroatoms. The molecule has 0 radical (unpaired) electrons. The lowest BCUT2D eigenvalue weighted by atomic mass is 10.1. The van der Waals surface area contributed by atoms with Gasteiger partial charge < -0.3 is 15.4 Å². The molecule has 0 bridgehead atoms. The van der Waals surface area contributed by atoms with Gasteiger partial charge in [-0.15, -0.1) is 11.3 Å². The number of hydrogen-bond acceptors (Lipinski definition) is 8. The largest absolute Gasteiger partial charge is 0.465 e. The van der Waals surface area contributed by atoms with E-state index in [0.29, 0.717) is 20.9 Å². The van der Waals surface area contributed by atoms with Crippen LogP contribution in [-0.2, 0) is 23.9 Å². The second-order valence-electron chi connectivity index (χ2n) is 6.99. The van der Waals surface area contributed by atoms with Crippen LogP contribution in [0.2, 0.25) is 0 Å². The lowest BCUT2D eigenvalue weighted by Crippen LogP contribution is -2.44. The van der Waals surface area contributed by atoms with Gasteiger partial charge in [0.25, 0.3) is 5.91 Å². The van der Waals surface area contributed by atoms with Crippen LogP contribution in [0.1, 0.15) is 11.8 Å². The minimum atomic E-state index is -0.953. The molecular weight excluding hydrogens is 520 g/mol. The van der Waals surface area contributed by atoms with Crippen LogP contribution in [0.25, 0.3) is 17.2 Å². The summed E-state index contributed by atoms with van der Waals surface area (Å²) in [4.78, 5) is 50.0. The minimum absolute atomic E-state index is 0.181. The molecule has 1 aliphatic rings. The van der Waals surface area contributed by atoms with Crippen LogP contribution in [0.15, 0.2) is 34.6 Å². The highest BCUT2D eigenvalue weighted by Gasteiger charge is 2.33. The third-order valence-corrected chi connectivity index (χ3v) is 6.76. The van der Waals surface area contributed by atoms with Crippen LogP contribution in [0.5, 0.6) is 0 Å². The number of thioether (sulfide) groups is 1. The van der Waals surface area contributed by atoms with Crippen molar-refractivity contribution in [3.05, 3.63) is 51.1 Å². The molecule has 0 atom stereocenters. The lowest BCUT2D eigenvalue weighted by molar-refractivity contribution is -0.143. The maximum Gasteiger partial charge on any atom is 0.325 e. The number of nitrogens with one attached hydrogen (secondary N) is 2. The highest BCUT2D eigenvalue weighted by molar-refractivity contribution is 8.26. The first kappa shape index (κ1) is 26.4. The van der Waals surface area contributed by atoms with Crippen molar-refractivity contribution >= 4 is 69.4 Å². The second kappa shape index (κ2) is 12.0. The van der Waals surface area contributed by atoms with Gasteiger partial charge in [0.05, 0.1) is 18.1 Å². The molecule has 2 aromatic rings. The van der Waals surface area contributed by atoms with Crippen molar-refractivity contribution in [2.75, 3.05) is 26.2 Å². The maximum atomic E-state index is 13.5. The van der Waals surface area contributed by atoms with E-state index in [1.807, 2.05) is 0 Å². The first-order valence-corrected chi connectivity index (χ1v) is 12.3. The number of carbonyl (C=O) groups is 4. The van der Waals surface area contributed by atoms with E-state index in [1.165, 1.54) is 17.4 Å². The topological polar surface area (TPSA) is 105 Å². The summed E-state index contributed by atoms with van der Waals surface area (Å²) >= 11 is 7.54. The summed E-state index contributed by atoms with van der Waals surface area (Å²) < 4.78 is 31.5. The van der Waals surface area contributed by atoms with Crippen LogP contribution in [0.4, 0.5) is 8.78 Å². The van der Waals surface area contributed by atoms with Crippen LogP contribution >= 0.6 is 35.3 Å². The molecule has 8 nitrogen and oxygen atoms in total. The molecule has 0 saturated carbocycles. The maximum absolute atomic E-state index is 13.5. The molecule has 3 amide bonds. The van der Waals surface area contributed by atoms with Crippen molar-refractivity contribution < 1.29 is 32.7 Å². The summed E-state index contributed by atoms with van der Waals surface area (Å²) in [6.07, 6.45) is 1.61. The molecule has 2 heterocycles.